The van der Waals surface area contributed by atoms with Gasteiger partial charge in [0.2, 0.25) is 10.0 Å². The van der Waals surface area contributed by atoms with E-state index in [1.165, 1.54) is 0 Å². The molecule has 1 heterocycles. The standard InChI is InChI=1S/C10H23N3O2S/c1-9-8-12(4)5-6-13(9)16(14,15)10(2)7-11-3/h9-11H,5-8H2,1-4H3. The lowest BCUT2D eigenvalue weighted by atomic mass is 10.2. The molecule has 0 radical (unpaired) electrons. The van der Waals surface area contributed by atoms with Gasteiger partial charge >= 0.3 is 0 Å². The summed E-state index contributed by atoms with van der Waals surface area (Å²) in [4.78, 5) is 2.17. The lowest BCUT2D eigenvalue weighted by Gasteiger charge is -2.38. The number of nitrogens with one attached hydrogen (secondary N) is 1. The van der Waals surface area contributed by atoms with Crippen LogP contribution in [-0.4, -0.2) is 69.2 Å². The molecule has 2 atom stereocenters. The SMILES string of the molecule is CNCC(C)S(=O)(=O)N1CCN(C)CC1C. The van der Waals surface area contributed by atoms with Gasteiger partial charge in [0.25, 0.3) is 0 Å². The number of piperazine rings is 1. The molecule has 0 aromatic rings. The van der Waals surface area contributed by atoms with Crippen molar-refractivity contribution in [2.45, 2.75) is 25.1 Å². The first kappa shape index (κ1) is 13.9. The second-order valence-corrected chi connectivity index (χ2v) is 6.94. The van der Waals surface area contributed by atoms with E-state index in [4.69, 9.17) is 0 Å². The van der Waals surface area contributed by atoms with E-state index < -0.39 is 10.0 Å². The van der Waals surface area contributed by atoms with Crippen LogP contribution in [0.2, 0.25) is 0 Å². The molecule has 0 aromatic heterocycles. The minimum atomic E-state index is -3.15. The summed E-state index contributed by atoms with van der Waals surface area (Å²) >= 11 is 0. The molecule has 0 aliphatic carbocycles. The minimum Gasteiger partial charge on any atom is -0.318 e. The Morgan fingerprint density at radius 3 is 2.56 bits per heavy atom. The Morgan fingerprint density at radius 2 is 2.06 bits per heavy atom. The molecule has 1 aliphatic heterocycles. The second-order valence-electron chi connectivity index (χ2n) is 4.64. The van der Waals surface area contributed by atoms with E-state index >= 15 is 0 Å². The maximum absolute atomic E-state index is 12.3. The van der Waals surface area contributed by atoms with Gasteiger partial charge in [-0.3, -0.25) is 0 Å². The van der Waals surface area contributed by atoms with Crippen molar-refractivity contribution in [1.29, 1.82) is 0 Å². The highest BCUT2D eigenvalue weighted by Gasteiger charge is 2.34. The van der Waals surface area contributed by atoms with Gasteiger partial charge in [0.05, 0.1) is 5.25 Å². The highest BCUT2D eigenvalue weighted by atomic mass is 32.2. The highest BCUT2D eigenvalue weighted by Crippen LogP contribution is 2.16. The minimum absolute atomic E-state index is 0.0723. The van der Waals surface area contributed by atoms with Gasteiger partial charge < -0.3 is 10.2 Å². The molecule has 1 saturated heterocycles. The van der Waals surface area contributed by atoms with Crippen LogP contribution >= 0.6 is 0 Å². The second kappa shape index (κ2) is 5.44. The topological polar surface area (TPSA) is 52.7 Å². The summed E-state index contributed by atoms with van der Waals surface area (Å²) in [5.74, 6) is 0. The van der Waals surface area contributed by atoms with Gasteiger partial charge in [0.1, 0.15) is 0 Å². The first-order valence-electron chi connectivity index (χ1n) is 5.73. The summed E-state index contributed by atoms with van der Waals surface area (Å²) in [6.45, 7) is 6.47. The molecule has 5 nitrogen and oxygen atoms in total. The van der Waals surface area contributed by atoms with E-state index in [2.05, 4.69) is 10.2 Å². The Labute approximate surface area is 98.8 Å². The van der Waals surface area contributed by atoms with Crippen molar-refractivity contribution >= 4 is 10.0 Å². The molecule has 1 aliphatic rings. The van der Waals surface area contributed by atoms with Crippen LogP contribution in [0.4, 0.5) is 0 Å². The van der Waals surface area contributed by atoms with Crippen LogP contribution in [-0.2, 0) is 10.0 Å². The number of sulfonamides is 1. The van der Waals surface area contributed by atoms with Crippen molar-refractivity contribution in [2.75, 3.05) is 40.3 Å². The molecular formula is C10H23N3O2S. The predicted octanol–water partition coefficient (Wildman–Crippen LogP) is -0.440. The van der Waals surface area contributed by atoms with Gasteiger partial charge in [-0.1, -0.05) is 0 Å². The van der Waals surface area contributed by atoms with E-state index in [-0.39, 0.29) is 11.3 Å². The molecule has 0 spiro atoms. The Balaban J connectivity index is 2.75. The molecule has 6 heteroatoms. The van der Waals surface area contributed by atoms with E-state index in [1.807, 2.05) is 14.0 Å². The first-order chi connectivity index (χ1) is 7.39. The highest BCUT2D eigenvalue weighted by molar-refractivity contribution is 7.89. The molecule has 1 rings (SSSR count). The number of likely N-dealkylation sites (N-methyl/N-ethyl adjacent to an activating group) is 1. The lowest BCUT2D eigenvalue weighted by molar-refractivity contribution is 0.169. The summed E-state index contributed by atoms with van der Waals surface area (Å²) in [6.07, 6.45) is 0. The van der Waals surface area contributed by atoms with Crippen molar-refractivity contribution in [3.63, 3.8) is 0 Å². The van der Waals surface area contributed by atoms with E-state index in [9.17, 15) is 8.42 Å². The fraction of sp³-hybridized carbons (Fsp3) is 1.00. The van der Waals surface area contributed by atoms with E-state index in [0.29, 0.717) is 13.1 Å². The number of hydrogen-bond donors (Lipinski definition) is 1. The normalized spacial score (nSPS) is 26.9. The number of hydrogen-bond acceptors (Lipinski definition) is 4. The molecular weight excluding hydrogens is 226 g/mol. The molecule has 16 heavy (non-hydrogen) atoms. The zero-order valence-corrected chi connectivity index (χ0v) is 11.4. The van der Waals surface area contributed by atoms with Crippen molar-refractivity contribution in [3.8, 4) is 0 Å². The van der Waals surface area contributed by atoms with Crippen LogP contribution in [0.3, 0.4) is 0 Å². The fourth-order valence-corrected chi connectivity index (χ4v) is 3.87. The maximum Gasteiger partial charge on any atom is 0.218 e. The summed E-state index contributed by atoms with van der Waals surface area (Å²) in [5.41, 5.74) is 0. The smallest absolute Gasteiger partial charge is 0.218 e. The summed E-state index contributed by atoms with van der Waals surface area (Å²) < 4.78 is 26.2. The average molecular weight is 249 g/mol. The number of nitrogens with zero attached hydrogens (tertiary/aromatic N) is 2. The zero-order valence-electron chi connectivity index (χ0n) is 10.6. The average Bonchev–Trinajstić information content (AvgIpc) is 2.17. The molecule has 1 N–H and O–H groups in total. The molecule has 96 valence electrons. The van der Waals surface area contributed by atoms with Crippen LogP contribution in [0.5, 0.6) is 0 Å². The Bertz CT molecular complexity index is 318. The fourth-order valence-electron chi connectivity index (χ4n) is 2.13. The molecule has 0 amide bonds. The molecule has 2 unspecified atom stereocenters. The maximum atomic E-state index is 12.3. The van der Waals surface area contributed by atoms with Crippen molar-refractivity contribution in [1.82, 2.24) is 14.5 Å². The Kier molecular flexibility index (Phi) is 4.73. The van der Waals surface area contributed by atoms with E-state index in [0.717, 1.165) is 13.1 Å². The van der Waals surface area contributed by atoms with Crippen LogP contribution in [0.25, 0.3) is 0 Å². The summed E-state index contributed by atoms with van der Waals surface area (Å²) in [6, 6.07) is 0.0723. The summed E-state index contributed by atoms with van der Waals surface area (Å²) in [7, 11) is 0.650. The van der Waals surface area contributed by atoms with Crippen molar-refractivity contribution in [3.05, 3.63) is 0 Å². The van der Waals surface area contributed by atoms with Crippen LogP contribution in [0.1, 0.15) is 13.8 Å². The van der Waals surface area contributed by atoms with Crippen LogP contribution in [0, 0.1) is 0 Å². The van der Waals surface area contributed by atoms with Crippen molar-refractivity contribution < 1.29 is 8.42 Å². The molecule has 0 saturated carbocycles. The third kappa shape index (κ3) is 2.94. The van der Waals surface area contributed by atoms with Crippen LogP contribution < -0.4 is 5.32 Å². The Hall–Kier alpha value is -0.170. The Morgan fingerprint density at radius 1 is 1.44 bits per heavy atom. The summed E-state index contributed by atoms with van der Waals surface area (Å²) in [5, 5.41) is 2.56. The van der Waals surface area contributed by atoms with Crippen LogP contribution in [0.15, 0.2) is 0 Å². The third-order valence-corrected chi connectivity index (χ3v) is 5.48. The molecule has 0 bridgehead atoms. The lowest BCUT2D eigenvalue weighted by Crippen LogP contribution is -2.55. The number of rotatable bonds is 4. The van der Waals surface area contributed by atoms with Gasteiger partial charge in [-0.05, 0) is 27.9 Å². The monoisotopic (exact) mass is 249 g/mol. The predicted molar refractivity (Wildman–Crippen MR) is 66.0 cm³/mol. The van der Waals surface area contributed by atoms with Gasteiger partial charge in [0.15, 0.2) is 0 Å². The molecule has 0 aromatic carbocycles. The molecule has 1 fully saturated rings. The van der Waals surface area contributed by atoms with E-state index in [1.54, 1.807) is 18.3 Å². The van der Waals surface area contributed by atoms with Gasteiger partial charge in [-0.25, -0.2) is 8.42 Å². The zero-order chi connectivity index (χ0) is 12.3. The van der Waals surface area contributed by atoms with Gasteiger partial charge in [-0.15, -0.1) is 0 Å². The first-order valence-corrected chi connectivity index (χ1v) is 7.23. The largest absolute Gasteiger partial charge is 0.318 e. The van der Waals surface area contributed by atoms with Crippen molar-refractivity contribution in [2.24, 2.45) is 0 Å². The quantitative estimate of drug-likeness (QED) is 0.734. The van der Waals surface area contributed by atoms with Gasteiger partial charge in [0, 0.05) is 32.2 Å². The third-order valence-electron chi connectivity index (χ3n) is 3.10. The van der Waals surface area contributed by atoms with Gasteiger partial charge in [-0.2, -0.15) is 4.31 Å².